The summed E-state index contributed by atoms with van der Waals surface area (Å²) in [4.78, 5) is 21.1. The van der Waals surface area contributed by atoms with E-state index in [0.717, 1.165) is 49.1 Å². The van der Waals surface area contributed by atoms with E-state index in [9.17, 15) is 4.79 Å². The van der Waals surface area contributed by atoms with E-state index in [-0.39, 0.29) is 23.9 Å². The fraction of sp³-hybridized carbons (Fsp3) is 0.435. The number of pyridine rings is 1. The summed E-state index contributed by atoms with van der Waals surface area (Å²) in [6.07, 6.45) is 1.58. The second-order valence-corrected chi connectivity index (χ2v) is 8.00. The van der Waals surface area contributed by atoms with Crippen LogP contribution < -0.4 is 15.1 Å². The van der Waals surface area contributed by atoms with Crippen molar-refractivity contribution in [2.75, 3.05) is 41.4 Å². The van der Waals surface area contributed by atoms with Gasteiger partial charge in [-0.05, 0) is 37.3 Å². The molecule has 1 aromatic carbocycles. The van der Waals surface area contributed by atoms with Gasteiger partial charge in [0.1, 0.15) is 11.9 Å². The lowest BCUT2D eigenvalue weighted by Crippen LogP contribution is -2.48. The second kappa shape index (κ2) is 8.33. The van der Waals surface area contributed by atoms with Gasteiger partial charge in [-0.2, -0.15) is 5.26 Å². The Bertz CT molecular complexity index is 963. The molecule has 7 heteroatoms. The summed E-state index contributed by atoms with van der Waals surface area (Å²) in [5.41, 5.74) is 3.70. The molecular weight excluding hydrogens is 378 g/mol. The summed E-state index contributed by atoms with van der Waals surface area (Å²) < 4.78 is 5.49. The van der Waals surface area contributed by atoms with Crippen LogP contribution in [0.3, 0.4) is 0 Å². The number of hydrogen-bond donors (Lipinski definition) is 1. The van der Waals surface area contributed by atoms with Crippen LogP contribution in [0.2, 0.25) is 0 Å². The van der Waals surface area contributed by atoms with Gasteiger partial charge in [0.2, 0.25) is 5.91 Å². The molecule has 0 bridgehead atoms. The number of morpholine rings is 1. The molecule has 2 aliphatic heterocycles. The molecule has 4 rings (SSSR count). The first kappa shape index (κ1) is 20.2. The van der Waals surface area contributed by atoms with E-state index in [2.05, 4.69) is 53.3 Å². The number of hydrogen-bond acceptors (Lipinski definition) is 6. The number of carbonyl (C=O) groups is 1. The van der Waals surface area contributed by atoms with Gasteiger partial charge < -0.3 is 19.9 Å². The van der Waals surface area contributed by atoms with Gasteiger partial charge in [-0.15, -0.1) is 0 Å². The van der Waals surface area contributed by atoms with Crippen LogP contribution >= 0.6 is 0 Å². The molecule has 0 aliphatic carbocycles. The Labute approximate surface area is 177 Å². The molecule has 30 heavy (non-hydrogen) atoms. The van der Waals surface area contributed by atoms with Crippen LogP contribution in [0.1, 0.15) is 37.9 Å². The highest BCUT2D eigenvalue weighted by molar-refractivity contribution is 5.94. The Morgan fingerprint density at radius 2 is 2.00 bits per heavy atom. The summed E-state index contributed by atoms with van der Waals surface area (Å²) >= 11 is 0. The Kier molecular flexibility index (Phi) is 5.60. The van der Waals surface area contributed by atoms with Crippen molar-refractivity contribution in [3.8, 4) is 6.07 Å². The molecule has 3 unspecified atom stereocenters. The van der Waals surface area contributed by atoms with Crippen molar-refractivity contribution in [3.63, 3.8) is 0 Å². The van der Waals surface area contributed by atoms with Crippen LogP contribution in [0, 0.1) is 17.2 Å². The SMILES string of the molecule is CC(=O)N1c2ccc(N3CCOCC3)cc2C(Nc2ccc(C#N)cn2)C(C)C1C. The molecule has 1 saturated heterocycles. The van der Waals surface area contributed by atoms with Gasteiger partial charge in [0, 0.05) is 55.1 Å². The fourth-order valence-corrected chi connectivity index (χ4v) is 4.42. The van der Waals surface area contributed by atoms with Gasteiger partial charge in [-0.1, -0.05) is 6.92 Å². The lowest BCUT2D eigenvalue weighted by atomic mass is 9.82. The third-order valence-electron chi connectivity index (χ3n) is 6.21. The molecule has 7 nitrogen and oxygen atoms in total. The van der Waals surface area contributed by atoms with Crippen molar-refractivity contribution in [2.45, 2.75) is 32.9 Å². The number of ether oxygens (including phenoxy) is 1. The van der Waals surface area contributed by atoms with Crippen LogP contribution in [0.4, 0.5) is 17.2 Å². The maximum atomic E-state index is 12.5. The molecule has 1 fully saturated rings. The summed E-state index contributed by atoms with van der Waals surface area (Å²) in [7, 11) is 0. The molecule has 0 radical (unpaired) electrons. The van der Waals surface area contributed by atoms with Crippen LogP contribution in [0.25, 0.3) is 0 Å². The molecule has 0 spiro atoms. The zero-order chi connectivity index (χ0) is 21.3. The molecule has 2 aromatic rings. The first-order valence-electron chi connectivity index (χ1n) is 10.4. The third kappa shape index (κ3) is 3.71. The van der Waals surface area contributed by atoms with E-state index in [1.165, 1.54) is 0 Å². The monoisotopic (exact) mass is 405 g/mol. The van der Waals surface area contributed by atoms with Crippen molar-refractivity contribution >= 4 is 23.1 Å². The minimum absolute atomic E-state index is 0.00738. The van der Waals surface area contributed by atoms with Crippen LogP contribution in [0.15, 0.2) is 36.5 Å². The second-order valence-electron chi connectivity index (χ2n) is 8.00. The van der Waals surface area contributed by atoms with Gasteiger partial charge in [-0.25, -0.2) is 4.98 Å². The minimum atomic E-state index is -0.00738. The molecular formula is C23H27N5O2. The number of nitrogens with zero attached hydrogens (tertiary/aromatic N) is 4. The highest BCUT2D eigenvalue weighted by Gasteiger charge is 2.38. The van der Waals surface area contributed by atoms with Gasteiger partial charge in [0.05, 0.1) is 24.8 Å². The average Bonchev–Trinajstić information content (AvgIpc) is 2.77. The minimum Gasteiger partial charge on any atom is -0.378 e. The Morgan fingerprint density at radius 1 is 1.23 bits per heavy atom. The summed E-state index contributed by atoms with van der Waals surface area (Å²) in [6.45, 7) is 9.03. The number of carbonyl (C=O) groups excluding carboxylic acids is 1. The smallest absolute Gasteiger partial charge is 0.224 e. The first-order valence-corrected chi connectivity index (χ1v) is 10.4. The topological polar surface area (TPSA) is 81.5 Å². The predicted molar refractivity (Wildman–Crippen MR) is 117 cm³/mol. The molecule has 3 heterocycles. The Hall–Kier alpha value is -3.11. The standard InChI is InChI=1S/C23H27N5O2/c1-15-16(2)28(17(3)29)21-6-5-19(27-8-10-30-11-9-27)12-20(21)23(15)26-22-7-4-18(13-24)14-25-22/h4-7,12,14-16,23H,8-11H2,1-3H3,(H,25,26). The van der Waals surface area contributed by atoms with Crippen LogP contribution in [-0.2, 0) is 9.53 Å². The van der Waals surface area contributed by atoms with E-state index >= 15 is 0 Å². The van der Waals surface area contributed by atoms with Crippen molar-refractivity contribution in [2.24, 2.45) is 5.92 Å². The number of amides is 1. The van der Waals surface area contributed by atoms with E-state index < -0.39 is 0 Å². The number of rotatable bonds is 3. The number of nitriles is 1. The number of nitrogens with one attached hydrogen (secondary N) is 1. The number of benzene rings is 1. The maximum absolute atomic E-state index is 12.5. The third-order valence-corrected chi connectivity index (χ3v) is 6.21. The van der Waals surface area contributed by atoms with Crippen LogP contribution in [0.5, 0.6) is 0 Å². The van der Waals surface area contributed by atoms with E-state index in [1.807, 2.05) is 11.0 Å². The van der Waals surface area contributed by atoms with Gasteiger partial charge >= 0.3 is 0 Å². The lowest BCUT2D eigenvalue weighted by Gasteiger charge is -2.44. The highest BCUT2D eigenvalue weighted by Crippen LogP contribution is 2.43. The molecule has 2 aliphatic rings. The highest BCUT2D eigenvalue weighted by atomic mass is 16.5. The lowest BCUT2D eigenvalue weighted by molar-refractivity contribution is -0.117. The zero-order valence-corrected chi connectivity index (χ0v) is 17.6. The zero-order valence-electron chi connectivity index (χ0n) is 17.6. The van der Waals surface area contributed by atoms with Gasteiger partial charge in [-0.3, -0.25) is 4.79 Å². The number of fused-ring (bicyclic) bond motifs is 1. The van der Waals surface area contributed by atoms with E-state index in [1.54, 1.807) is 19.2 Å². The molecule has 1 aromatic heterocycles. The number of anilines is 3. The predicted octanol–water partition coefficient (Wildman–Crippen LogP) is 3.33. The van der Waals surface area contributed by atoms with Crippen molar-refractivity contribution < 1.29 is 9.53 Å². The van der Waals surface area contributed by atoms with Crippen molar-refractivity contribution in [1.82, 2.24) is 4.98 Å². The number of aromatic nitrogens is 1. The quantitative estimate of drug-likeness (QED) is 0.844. The molecule has 1 amide bonds. The van der Waals surface area contributed by atoms with Gasteiger partial charge in [0.15, 0.2) is 0 Å². The Morgan fingerprint density at radius 3 is 2.63 bits per heavy atom. The maximum Gasteiger partial charge on any atom is 0.224 e. The normalized spacial score (nSPS) is 23.5. The van der Waals surface area contributed by atoms with Crippen LogP contribution in [-0.4, -0.2) is 43.2 Å². The largest absolute Gasteiger partial charge is 0.378 e. The van der Waals surface area contributed by atoms with Gasteiger partial charge in [0.25, 0.3) is 0 Å². The molecule has 3 atom stereocenters. The average molecular weight is 406 g/mol. The van der Waals surface area contributed by atoms with E-state index in [0.29, 0.717) is 5.56 Å². The first-order chi connectivity index (χ1) is 14.5. The molecule has 0 saturated carbocycles. The van der Waals surface area contributed by atoms with E-state index in [4.69, 9.17) is 10.00 Å². The molecule has 1 N–H and O–H groups in total. The summed E-state index contributed by atoms with van der Waals surface area (Å²) in [6, 6.07) is 12.1. The molecule has 156 valence electrons. The summed E-state index contributed by atoms with van der Waals surface area (Å²) in [5, 5.41) is 12.6. The Balaban J connectivity index is 1.74. The van der Waals surface area contributed by atoms with Crippen molar-refractivity contribution in [3.05, 3.63) is 47.7 Å². The van der Waals surface area contributed by atoms with Crippen molar-refractivity contribution in [1.29, 1.82) is 5.26 Å². The fourth-order valence-electron chi connectivity index (χ4n) is 4.42. The summed E-state index contributed by atoms with van der Waals surface area (Å²) in [5.74, 6) is 0.931.